The number of benzene rings is 1. The zero-order chi connectivity index (χ0) is 9.97. The minimum atomic E-state index is 0.286. The minimum Gasteiger partial charge on any atom is -0.508 e. The average molecular weight is 185 g/mol. The molecule has 0 unspecified atom stereocenters. The number of phenolic OH excluding ortho intramolecular Hbond substituents is 1. The molecule has 2 nitrogen and oxygen atoms in total. The highest BCUT2D eigenvalue weighted by atomic mass is 16.3. The van der Waals surface area contributed by atoms with Crippen molar-refractivity contribution in [2.75, 3.05) is 0 Å². The van der Waals surface area contributed by atoms with E-state index in [2.05, 4.69) is 4.98 Å². The molecule has 0 aliphatic heterocycles. The molecule has 2 rings (SSSR count). The van der Waals surface area contributed by atoms with Crippen LogP contribution in [0.25, 0.3) is 11.1 Å². The Bertz CT molecular complexity index is 374. The Morgan fingerprint density at radius 2 is 1.57 bits per heavy atom. The summed E-state index contributed by atoms with van der Waals surface area (Å²) in [5.74, 6) is 0.286. The van der Waals surface area contributed by atoms with Crippen LogP contribution in [0.2, 0.25) is 0 Å². The topological polar surface area (TPSA) is 33.1 Å². The number of hydrogen-bond acceptors (Lipinski definition) is 2. The van der Waals surface area contributed by atoms with Gasteiger partial charge in [-0.25, -0.2) is 0 Å². The third kappa shape index (κ3) is 1.74. The lowest BCUT2D eigenvalue weighted by molar-refractivity contribution is 0.475. The summed E-state index contributed by atoms with van der Waals surface area (Å²) in [7, 11) is 0. The smallest absolute Gasteiger partial charge is 0.115 e. The maximum Gasteiger partial charge on any atom is 0.115 e. The van der Waals surface area contributed by atoms with Gasteiger partial charge in [-0.1, -0.05) is 18.2 Å². The number of pyridine rings is 1. The van der Waals surface area contributed by atoms with Gasteiger partial charge in [-0.3, -0.25) is 4.98 Å². The molecule has 0 spiro atoms. The second kappa shape index (κ2) is 3.50. The lowest BCUT2D eigenvalue weighted by Crippen LogP contribution is -1.82. The zero-order valence-corrected chi connectivity index (χ0v) is 7.94. The fourth-order valence-corrected chi connectivity index (χ4v) is 1.29. The predicted octanol–water partition coefficient (Wildman–Crippen LogP) is 2.76. The largest absolute Gasteiger partial charge is 0.508 e. The van der Waals surface area contributed by atoms with Gasteiger partial charge in [-0.2, -0.15) is 0 Å². The van der Waals surface area contributed by atoms with Gasteiger partial charge in [-0.15, -0.1) is 0 Å². The molecule has 0 aliphatic carbocycles. The van der Waals surface area contributed by atoms with E-state index in [4.69, 9.17) is 5.11 Å². The van der Waals surface area contributed by atoms with Crippen molar-refractivity contribution in [2.45, 2.75) is 6.92 Å². The summed E-state index contributed by atoms with van der Waals surface area (Å²) in [5.41, 5.74) is 3.14. The highest BCUT2D eigenvalue weighted by Crippen LogP contribution is 2.20. The number of phenols is 1. The molecular formula is C12H11NO. The first kappa shape index (κ1) is 8.75. The normalized spacial score (nSPS) is 10.1. The van der Waals surface area contributed by atoms with Gasteiger partial charge in [-0.05, 0) is 30.7 Å². The molecule has 2 aromatic rings. The molecule has 0 saturated carbocycles. The quantitative estimate of drug-likeness (QED) is 0.741. The highest BCUT2D eigenvalue weighted by molar-refractivity contribution is 5.63. The Morgan fingerprint density at radius 1 is 0.929 bits per heavy atom. The van der Waals surface area contributed by atoms with Crippen LogP contribution in [0.15, 0.2) is 42.6 Å². The Morgan fingerprint density at radius 3 is 2.14 bits per heavy atom. The van der Waals surface area contributed by atoms with Crippen molar-refractivity contribution in [1.82, 2.24) is 4.98 Å². The first-order valence-corrected chi connectivity index (χ1v) is 4.48. The fourth-order valence-electron chi connectivity index (χ4n) is 1.29. The first-order valence-electron chi connectivity index (χ1n) is 4.48. The van der Waals surface area contributed by atoms with Crippen molar-refractivity contribution in [2.24, 2.45) is 0 Å². The molecule has 0 radical (unpaired) electrons. The second-order valence-electron chi connectivity index (χ2n) is 3.24. The van der Waals surface area contributed by atoms with Gasteiger partial charge < -0.3 is 5.11 Å². The van der Waals surface area contributed by atoms with Gasteiger partial charge in [0.25, 0.3) is 0 Å². The first-order chi connectivity index (χ1) is 6.75. The molecular weight excluding hydrogens is 174 g/mol. The molecule has 2 heteroatoms. The zero-order valence-electron chi connectivity index (χ0n) is 7.94. The summed E-state index contributed by atoms with van der Waals surface area (Å²) in [5, 5.41) is 9.13. The lowest BCUT2D eigenvalue weighted by Gasteiger charge is -2.01. The Hall–Kier alpha value is -1.83. The lowest BCUT2D eigenvalue weighted by atomic mass is 10.1. The third-order valence-electron chi connectivity index (χ3n) is 2.11. The van der Waals surface area contributed by atoms with E-state index in [-0.39, 0.29) is 5.75 Å². The van der Waals surface area contributed by atoms with E-state index in [0.29, 0.717) is 0 Å². The predicted molar refractivity (Wildman–Crippen MR) is 56.1 cm³/mol. The van der Waals surface area contributed by atoms with Crippen LogP contribution in [0.5, 0.6) is 5.75 Å². The highest BCUT2D eigenvalue weighted by Gasteiger charge is 1.97. The number of aromatic hydroxyl groups is 1. The molecule has 14 heavy (non-hydrogen) atoms. The molecule has 0 amide bonds. The second-order valence-corrected chi connectivity index (χ2v) is 3.24. The van der Waals surface area contributed by atoms with Crippen molar-refractivity contribution in [1.29, 1.82) is 0 Å². The van der Waals surface area contributed by atoms with E-state index in [1.807, 2.05) is 37.4 Å². The summed E-state index contributed by atoms with van der Waals surface area (Å²) < 4.78 is 0. The fraction of sp³-hybridized carbons (Fsp3) is 0.0833. The van der Waals surface area contributed by atoms with E-state index >= 15 is 0 Å². The summed E-state index contributed by atoms with van der Waals surface area (Å²) in [6, 6.07) is 11.1. The Labute approximate surface area is 82.9 Å². The molecule has 0 saturated heterocycles. The number of hydrogen-bond donors (Lipinski definition) is 1. The van der Waals surface area contributed by atoms with E-state index in [9.17, 15) is 0 Å². The maximum absolute atomic E-state index is 9.13. The average Bonchev–Trinajstić information content (AvgIpc) is 2.21. The van der Waals surface area contributed by atoms with Gasteiger partial charge in [0.2, 0.25) is 0 Å². The molecule has 70 valence electrons. The van der Waals surface area contributed by atoms with Gasteiger partial charge in [0.05, 0.1) is 0 Å². The molecule has 1 aromatic heterocycles. The molecule has 0 atom stereocenters. The molecule has 1 aromatic carbocycles. The maximum atomic E-state index is 9.13. The van der Waals surface area contributed by atoms with Gasteiger partial charge in [0.15, 0.2) is 0 Å². The third-order valence-corrected chi connectivity index (χ3v) is 2.11. The van der Waals surface area contributed by atoms with Gasteiger partial charge >= 0.3 is 0 Å². The van der Waals surface area contributed by atoms with Gasteiger partial charge in [0.1, 0.15) is 5.75 Å². The minimum absolute atomic E-state index is 0.286. The van der Waals surface area contributed by atoms with Crippen LogP contribution >= 0.6 is 0 Å². The number of rotatable bonds is 1. The van der Waals surface area contributed by atoms with Crippen molar-refractivity contribution in [3.05, 3.63) is 48.3 Å². The molecule has 0 fully saturated rings. The van der Waals surface area contributed by atoms with Crippen LogP contribution in [0.1, 0.15) is 5.69 Å². The van der Waals surface area contributed by atoms with Crippen LogP contribution in [0, 0.1) is 6.92 Å². The van der Waals surface area contributed by atoms with Crippen molar-refractivity contribution in [3.8, 4) is 16.9 Å². The number of aromatic nitrogens is 1. The molecule has 0 bridgehead atoms. The van der Waals surface area contributed by atoms with Crippen LogP contribution < -0.4 is 0 Å². The number of nitrogens with zero attached hydrogens (tertiary/aromatic N) is 1. The van der Waals surface area contributed by atoms with Crippen LogP contribution in [-0.4, -0.2) is 10.1 Å². The van der Waals surface area contributed by atoms with Crippen molar-refractivity contribution in [3.63, 3.8) is 0 Å². The Balaban J connectivity index is 2.40. The van der Waals surface area contributed by atoms with E-state index < -0.39 is 0 Å². The molecule has 1 N–H and O–H groups in total. The van der Waals surface area contributed by atoms with Gasteiger partial charge in [0, 0.05) is 17.5 Å². The van der Waals surface area contributed by atoms with E-state index in [0.717, 1.165) is 16.8 Å². The standard InChI is InChI=1S/C12H11NO/c1-9-2-3-11(8-13-9)10-4-6-12(14)7-5-10/h2-8,14H,1H3. The number of aryl methyl sites for hydroxylation is 1. The molecule has 1 heterocycles. The summed E-state index contributed by atoms with van der Waals surface area (Å²) in [4.78, 5) is 4.22. The summed E-state index contributed by atoms with van der Waals surface area (Å²) in [6.07, 6.45) is 1.84. The van der Waals surface area contributed by atoms with E-state index in [1.54, 1.807) is 12.1 Å². The van der Waals surface area contributed by atoms with Crippen molar-refractivity contribution >= 4 is 0 Å². The van der Waals surface area contributed by atoms with Crippen LogP contribution in [0.3, 0.4) is 0 Å². The molecule has 0 aliphatic rings. The van der Waals surface area contributed by atoms with E-state index in [1.165, 1.54) is 0 Å². The summed E-state index contributed by atoms with van der Waals surface area (Å²) in [6.45, 7) is 1.96. The Kier molecular flexibility index (Phi) is 2.19. The van der Waals surface area contributed by atoms with Crippen LogP contribution in [-0.2, 0) is 0 Å². The van der Waals surface area contributed by atoms with Crippen LogP contribution in [0.4, 0.5) is 0 Å². The monoisotopic (exact) mass is 185 g/mol. The van der Waals surface area contributed by atoms with Crippen molar-refractivity contribution < 1.29 is 5.11 Å². The SMILES string of the molecule is Cc1ccc(-c2ccc(O)cc2)cn1. The summed E-state index contributed by atoms with van der Waals surface area (Å²) >= 11 is 0.